The largest absolute Gasteiger partial charge is 0.486 e. The Bertz CT molecular complexity index is 1030. The van der Waals surface area contributed by atoms with E-state index < -0.39 is 5.97 Å². The summed E-state index contributed by atoms with van der Waals surface area (Å²) in [6, 6.07) is 13.7. The van der Waals surface area contributed by atoms with Crippen molar-refractivity contribution in [3.8, 4) is 17.6 Å². The molecule has 156 valence electrons. The molecule has 0 aliphatic carbocycles. The number of aromatic nitrogens is 2. The summed E-state index contributed by atoms with van der Waals surface area (Å²) in [5, 5.41) is 17.2. The number of fused-ring (bicyclic) bond motifs is 1. The predicted molar refractivity (Wildman–Crippen MR) is 115 cm³/mol. The number of H-pyrrole nitrogens is 1. The summed E-state index contributed by atoms with van der Waals surface area (Å²) in [4.78, 5) is 11.1. The van der Waals surface area contributed by atoms with Crippen LogP contribution in [0.3, 0.4) is 0 Å². The SMILES string of the molecule is CC#CC(CC(=O)O)c1ccc(OC(CCCOC)c2ccc3[nH]ncc3c2)cc1. The number of rotatable bonds is 10. The number of carboxylic acids is 1. The molecule has 6 heteroatoms. The zero-order valence-corrected chi connectivity index (χ0v) is 17.2. The number of nitrogens with zero attached hydrogens (tertiary/aromatic N) is 1. The number of benzene rings is 2. The maximum Gasteiger partial charge on any atom is 0.304 e. The number of hydrogen-bond donors (Lipinski definition) is 2. The van der Waals surface area contributed by atoms with E-state index in [2.05, 4.69) is 28.1 Å². The third-order valence-corrected chi connectivity index (χ3v) is 4.91. The van der Waals surface area contributed by atoms with Crippen LogP contribution in [0.15, 0.2) is 48.7 Å². The van der Waals surface area contributed by atoms with Gasteiger partial charge in [-0.25, -0.2) is 0 Å². The molecule has 30 heavy (non-hydrogen) atoms. The van der Waals surface area contributed by atoms with E-state index in [4.69, 9.17) is 14.6 Å². The van der Waals surface area contributed by atoms with E-state index in [-0.39, 0.29) is 18.4 Å². The molecule has 2 unspecified atom stereocenters. The molecule has 0 amide bonds. The maximum absolute atomic E-state index is 11.1. The van der Waals surface area contributed by atoms with Crippen molar-refractivity contribution in [2.75, 3.05) is 13.7 Å². The first-order valence-corrected chi connectivity index (χ1v) is 9.93. The van der Waals surface area contributed by atoms with Crippen LogP contribution in [0.2, 0.25) is 0 Å². The van der Waals surface area contributed by atoms with Crippen LogP contribution >= 0.6 is 0 Å². The summed E-state index contributed by atoms with van der Waals surface area (Å²) in [5.41, 5.74) is 2.93. The summed E-state index contributed by atoms with van der Waals surface area (Å²) in [5.74, 6) is 5.32. The molecule has 0 aliphatic rings. The fourth-order valence-electron chi connectivity index (χ4n) is 3.41. The van der Waals surface area contributed by atoms with Crippen molar-refractivity contribution in [3.05, 3.63) is 59.8 Å². The maximum atomic E-state index is 11.1. The quantitative estimate of drug-likeness (QED) is 0.377. The second-order valence-corrected chi connectivity index (χ2v) is 7.07. The van der Waals surface area contributed by atoms with Crippen LogP contribution in [0.5, 0.6) is 5.75 Å². The molecule has 1 heterocycles. The van der Waals surface area contributed by atoms with Gasteiger partial charge in [-0.1, -0.05) is 24.1 Å². The highest BCUT2D eigenvalue weighted by Crippen LogP contribution is 2.29. The molecule has 0 bridgehead atoms. The molecule has 0 spiro atoms. The van der Waals surface area contributed by atoms with Gasteiger partial charge >= 0.3 is 5.97 Å². The zero-order chi connectivity index (χ0) is 21.3. The van der Waals surface area contributed by atoms with Crippen LogP contribution in [-0.2, 0) is 9.53 Å². The van der Waals surface area contributed by atoms with Gasteiger partial charge in [0.25, 0.3) is 0 Å². The normalized spacial score (nSPS) is 12.7. The van der Waals surface area contributed by atoms with E-state index >= 15 is 0 Å². The van der Waals surface area contributed by atoms with Crippen molar-refractivity contribution < 1.29 is 19.4 Å². The molecular formula is C24H26N2O4. The van der Waals surface area contributed by atoms with Gasteiger partial charge in [0.1, 0.15) is 11.9 Å². The first-order valence-electron chi connectivity index (χ1n) is 9.93. The fraction of sp³-hybridized carbons (Fsp3) is 0.333. The Morgan fingerprint density at radius 2 is 1.97 bits per heavy atom. The lowest BCUT2D eigenvalue weighted by Crippen LogP contribution is -2.09. The summed E-state index contributed by atoms with van der Waals surface area (Å²) >= 11 is 0. The molecule has 0 aliphatic heterocycles. The van der Waals surface area contributed by atoms with Gasteiger partial charge in [0.05, 0.1) is 24.1 Å². The van der Waals surface area contributed by atoms with Crippen molar-refractivity contribution in [1.29, 1.82) is 0 Å². The van der Waals surface area contributed by atoms with Crippen LogP contribution in [-0.4, -0.2) is 35.0 Å². The zero-order valence-electron chi connectivity index (χ0n) is 17.2. The fourth-order valence-corrected chi connectivity index (χ4v) is 3.41. The second-order valence-electron chi connectivity index (χ2n) is 7.07. The van der Waals surface area contributed by atoms with E-state index in [0.717, 1.165) is 40.6 Å². The molecule has 3 rings (SSSR count). The Labute approximate surface area is 176 Å². The van der Waals surface area contributed by atoms with Gasteiger partial charge in [-0.05, 0) is 55.2 Å². The number of carboxylic acid groups (broad SMARTS) is 1. The van der Waals surface area contributed by atoms with Gasteiger partial charge in [-0.3, -0.25) is 9.89 Å². The number of carbonyl (C=O) groups is 1. The van der Waals surface area contributed by atoms with Crippen LogP contribution in [0.25, 0.3) is 10.9 Å². The molecule has 2 aromatic carbocycles. The monoisotopic (exact) mass is 406 g/mol. The first-order chi connectivity index (χ1) is 14.6. The van der Waals surface area contributed by atoms with E-state index in [1.165, 1.54) is 0 Å². The Morgan fingerprint density at radius 1 is 1.20 bits per heavy atom. The number of ether oxygens (including phenoxy) is 2. The van der Waals surface area contributed by atoms with E-state index in [1.54, 1.807) is 20.2 Å². The van der Waals surface area contributed by atoms with Crippen molar-refractivity contribution in [2.24, 2.45) is 0 Å². The molecule has 0 saturated carbocycles. The molecule has 2 atom stereocenters. The minimum atomic E-state index is -0.865. The molecular weight excluding hydrogens is 380 g/mol. The minimum Gasteiger partial charge on any atom is -0.486 e. The van der Waals surface area contributed by atoms with Gasteiger partial charge in [0, 0.05) is 19.1 Å². The third-order valence-electron chi connectivity index (χ3n) is 4.91. The Hall–Kier alpha value is -3.30. The van der Waals surface area contributed by atoms with E-state index in [0.29, 0.717) is 6.61 Å². The highest BCUT2D eigenvalue weighted by molar-refractivity contribution is 5.78. The topological polar surface area (TPSA) is 84.4 Å². The smallest absolute Gasteiger partial charge is 0.304 e. The van der Waals surface area contributed by atoms with Crippen molar-refractivity contribution >= 4 is 16.9 Å². The molecule has 3 aromatic rings. The van der Waals surface area contributed by atoms with E-state index in [1.807, 2.05) is 36.4 Å². The number of nitrogens with one attached hydrogen (secondary N) is 1. The van der Waals surface area contributed by atoms with Crippen molar-refractivity contribution in [2.45, 2.75) is 38.2 Å². The number of aliphatic carboxylic acids is 1. The highest BCUT2D eigenvalue weighted by Gasteiger charge is 2.16. The number of aromatic amines is 1. The van der Waals surface area contributed by atoms with Gasteiger partial charge in [0.15, 0.2) is 0 Å². The third kappa shape index (κ3) is 5.62. The summed E-state index contributed by atoms with van der Waals surface area (Å²) in [7, 11) is 1.69. The standard InChI is InChI=1S/C24H26N2O4/c1-3-5-18(15-24(27)28)17-7-10-21(11-8-17)30-23(6-4-13-29-2)19-9-12-22-20(14-19)16-25-26-22/h7-12,14,16,18,23H,4,6,13,15H2,1-2H3,(H,25,26)(H,27,28). The number of methoxy groups -OCH3 is 1. The Morgan fingerprint density at radius 3 is 2.67 bits per heavy atom. The average Bonchev–Trinajstić information content (AvgIpc) is 3.21. The summed E-state index contributed by atoms with van der Waals surface area (Å²) < 4.78 is 11.5. The second kappa shape index (κ2) is 10.5. The minimum absolute atomic E-state index is 0.0224. The van der Waals surface area contributed by atoms with Gasteiger partial charge in [0.2, 0.25) is 0 Å². The lowest BCUT2D eigenvalue weighted by atomic mass is 9.96. The predicted octanol–water partition coefficient (Wildman–Crippen LogP) is 4.69. The van der Waals surface area contributed by atoms with Crippen LogP contribution in [0, 0.1) is 11.8 Å². The molecule has 1 aromatic heterocycles. The van der Waals surface area contributed by atoms with Crippen LogP contribution in [0.4, 0.5) is 0 Å². The van der Waals surface area contributed by atoms with Crippen molar-refractivity contribution in [1.82, 2.24) is 10.2 Å². The average molecular weight is 406 g/mol. The van der Waals surface area contributed by atoms with Crippen molar-refractivity contribution in [3.63, 3.8) is 0 Å². The lowest BCUT2D eigenvalue weighted by Gasteiger charge is -2.20. The Balaban J connectivity index is 1.79. The first kappa shape index (κ1) is 21.4. The summed E-state index contributed by atoms with van der Waals surface area (Å²) in [6.45, 7) is 2.38. The Kier molecular flexibility index (Phi) is 7.47. The summed E-state index contributed by atoms with van der Waals surface area (Å²) in [6.07, 6.45) is 3.33. The molecule has 0 saturated heterocycles. The van der Waals surface area contributed by atoms with Gasteiger partial charge in [-0.2, -0.15) is 5.10 Å². The van der Waals surface area contributed by atoms with Crippen LogP contribution in [0.1, 0.15) is 49.3 Å². The molecule has 0 fully saturated rings. The molecule has 6 nitrogen and oxygen atoms in total. The molecule has 2 N–H and O–H groups in total. The number of hydrogen-bond acceptors (Lipinski definition) is 4. The van der Waals surface area contributed by atoms with E-state index in [9.17, 15) is 4.79 Å². The van der Waals surface area contributed by atoms with Gasteiger partial charge in [-0.15, -0.1) is 5.92 Å². The van der Waals surface area contributed by atoms with Crippen LogP contribution < -0.4 is 4.74 Å². The highest BCUT2D eigenvalue weighted by atomic mass is 16.5. The van der Waals surface area contributed by atoms with Gasteiger partial charge < -0.3 is 14.6 Å². The lowest BCUT2D eigenvalue weighted by molar-refractivity contribution is -0.137. The molecule has 0 radical (unpaired) electrons.